The van der Waals surface area contributed by atoms with Crippen molar-refractivity contribution in [2.24, 2.45) is 0 Å². The van der Waals surface area contributed by atoms with Crippen molar-refractivity contribution in [3.05, 3.63) is 89.4 Å². The summed E-state index contributed by atoms with van der Waals surface area (Å²) in [4.78, 5) is 26.6. The zero-order valence-electron chi connectivity index (χ0n) is 16.1. The van der Waals surface area contributed by atoms with Crippen LogP contribution in [0.25, 0.3) is 11.1 Å². The second-order valence-corrected chi connectivity index (χ2v) is 8.64. The van der Waals surface area contributed by atoms with Crippen LogP contribution in [-0.4, -0.2) is 25.9 Å². The largest absolute Gasteiger partial charge is 0.420 e. The molecule has 4 rings (SSSR count). The van der Waals surface area contributed by atoms with Gasteiger partial charge in [-0.1, -0.05) is 36.4 Å². The van der Waals surface area contributed by atoms with Crippen LogP contribution in [0.4, 0.5) is 5.69 Å². The van der Waals surface area contributed by atoms with Gasteiger partial charge in [-0.15, -0.1) is 0 Å². The number of para-hydroxylation sites is 1. The Labute approximate surface area is 172 Å². The first-order chi connectivity index (χ1) is 14.4. The Balaban J connectivity index is 1.73. The van der Waals surface area contributed by atoms with E-state index in [1.54, 1.807) is 49.5 Å². The van der Waals surface area contributed by atoms with Gasteiger partial charge in [-0.3, -0.25) is 9.36 Å². The lowest BCUT2D eigenvalue weighted by molar-refractivity contribution is -0.118. The van der Waals surface area contributed by atoms with Crippen LogP contribution in [0.3, 0.4) is 0 Å². The summed E-state index contributed by atoms with van der Waals surface area (Å²) in [7, 11) is -2.17. The van der Waals surface area contributed by atoms with Crippen molar-refractivity contribution >= 4 is 32.5 Å². The van der Waals surface area contributed by atoms with Gasteiger partial charge in [-0.25, -0.2) is 13.2 Å². The van der Waals surface area contributed by atoms with Crippen molar-refractivity contribution in [3.8, 4) is 0 Å². The highest BCUT2D eigenvalue weighted by Gasteiger charge is 2.21. The lowest BCUT2D eigenvalue weighted by Gasteiger charge is -2.17. The van der Waals surface area contributed by atoms with E-state index in [0.29, 0.717) is 5.69 Å². The van der Waals surface area contributed by atoms with Crippen LogP contribution in [0, 0.1) is 0 Å². The van der Waals surface area contributed by atoms with E-state index in [1.807, 2.05) is 6.07 Å². The van der Waals surface area contributed by atoms with Crippen LogP contribution in [0.2, 0.25) is 0 Å². The number of likely N-dealkylation sites (N-methyl/N-ethyl adjacent to an activating group) is 1. The predicted molar refractivity (Wildman–Crippen MR) is 112 cm³/mol. The standard InChI is InChI=1S/C22H18N2O5S/c1-23(16-8-4-2-5-9-16)21(25)15-24-19-14-18(12-13-20(19)29-22(24)26)30(27,28)17-10-6-3-7-11-17/h2-14H,15H2,1H3. The molecule has 0 unspecified atom stereocenters. The molecular formula is C22H18N2O5S. The molecule has 4 aromatic rings. The van der Waals surface area contributed by atoms with Gasteiger partial charge in [0.15, 0.2) is 5.58 Å². The number of carbonyl (C=O) groups excluding carboxylic acids is 1. The van der Waals surface area contributed by atoms with E-state index < -0.39 is 15.6 Å². The first kappa shape index (κ1) is 19.7. The summed E-state index contributed by atoms with van der Waals surface area (Å²) in [6, 6.07) is 21.2. The van der Waals surface area contributed by atoms with Gasteiger partial charge in [0.05, 0.1) is 15.3 Å². The van der Waals surface area contributed by atoms with Gasteiger partial charge in [-0.2, -0.15) is 0 Å². The molecule has 1 heterocycles. The highest BCUT2D eigenvalue weighted by Crippen LogP contribution is 2.24. The molecule has 7 nitrogen and oxygen atoms in total. The number of amides is 1. The molecule has 1 aromatic heterocycles. The molecule has 0 aliphatic carbocycles. The molecule has 0 radical (unpaired) electrons. The average Bonchev–Trinajstić information content (AvgIpc) is 3.08. The first-order valence-electron chi connectivity index (χ1n) is 9.13. The molecule has 0 spiro atoms. The Morgan fingerprint density at radius 2 is 1.57 bits per heavy atom. The van der Waals surface area contributed by atoms with Gasteiger partial charge < -0.3 is 9.32 Å². The maximum absolute atomic E-state index is 12.9. The molecule has 0 N–H and O–H groups in total. The third-order valence-electron chi connectivity index (χ3n) is 4.81. The SMILES string of the molecule is CN(C(=O)Cn1c(=O)oc2ccc(S(=O)(=O)c3ccccc3)cc21)c1ccccc1. The quantitative estimate of drug-likeness (QED) is 0.493. The smallest absolute Gasteiger partial charge is 0.408 e. The fourth-order valence-corrected chi connectivity index (χ4v) is 4.43. The molecule has 0 fully saturated rings. The van der Waals surface area contributed by atoms with Gasteiger partial charge in [-0.05, 0) is 42.5 Å². The maximum atomic E-state index is 12.9. The fourth-order valence-electron chi connectivity index (χ4n) is 3.13. The second-order valence-electron chi connectivity index (χ2n) is 6.69. The molecule has 0 saturated carbocycles. The van der Waals surface area contributed by atoms with Crippen molar-refractivity contribution in [2.45, 2.75) is 16.3 Å². The Hall–Kier alpha value is -3.65. The van der Waals surface area contributed by atoms with Gasteiger partial charge in [0, 0.05) is 12.7 Å². The minimum atomic E-state index is -3.78. The second kappa shape index (κ2) is 7.64. The normalized spacial score (nSPS) is 11.5. The number of rotatable bonds is 5. The number of anilines is 1. The number of hydrogen-bond donors (Lipinski definition) is 0. The first-order valence-corrected chi connectivity index (χ1v) is 10.6. The molecule has 8 heteroatoms. The number of nitrogens with zero attached hydrogens (tertiary/aromatic N) is 2. The molecule has 152 valence electrons. The number of fused-ring (bicyclic) bond motifs is 1. The van der Waals surface area contributed by atoms with Crippen LogP contribution < -0.4 is 10.7 Å². The van der Waals surface area contributed by atoms with Crippen LogP contribution in [0.5, 0.6) is 0 Å². The minimum Gasteiger partial charge on any atom is -0.408 e. The van der Waals surface area contributed by atoms with E-state index in [1.165, 1.54) is 35.2 Å². The summed E-state index contributed by atoms with van der Waals surface area (Å²) < 4.78 is 32.2. The van der Waals surface area contributed by atoms with Crippen LogP contribution in [-0.2, 0) is 21.2 Å². The van der Waals surface area contributed by atoms with E-state index in [4.69, 9.17) is 4.42 Å². The minimum absolute atomic E-state index is 0.0135. The molecule has 0 bridgehead atoms. The monoisotopic (exact) mass is 422 g/mol. The topological polar surface area (TPSA) is 89.6 Å². The Bertz CT molecular complexity index is 1370. The summed E-state index contributed by atoms with van der Waals surface area (Å²) >= 11 is 0. The zero-order chi connectivity index (χ0) is 21.3. The third kappa shape index (κ3) is 3.53. The van der Waals surface area contributed by atoms with Gasteiger partial charge in [0.2, 0.25) is 15.7 Å². The number of benzene rings is 3. The lowest BCUT2D eigenvalue weighted by atomic mass is 10.3. The number of carbonyl (C=O) groups is 1. The molecular weight excluding hydrogens is 404 g/mol. The van der Waals surface area contributed by atoms with Crippen molar-refractivity contribution in [1.29, 1.82) is 0 Å². The van der Waals surface area contributed by atoms with Gasteiger partial charge in [0.1, 0.15) is 6.54 Å². The van der Waals surface area contributed by atoms with Gasteiger partial charge in [0.25, 0.3) is 0 Å². The van der Waals surface area contributed by atoms with E-state index in [0.717, 1.165) is 4.57 Å². The summed E-state index contributed by atoms with van der Waals surface area (Å²) in [6.45, 7) is -0.286. The molecule has 0 atom stereocenters. The predicted octanol–water partition coefficient (Wildman–Crippen LogP) is 3.09. The summed E-state index contributed by atoms with van der Waals surface area (Å²) in [5, 5.41) is 0. The molecule has 0 aliphatic heterocycles. The van der Waals surface area contributed by atoms with Crippen LogP contribution in [0.15, 0.2) is 97.9 Å². The Kier molecular flexibility index (Phi) is 5.01. The molecule has 1 amide bonds. The highest BCUT2D eigenvalue weighted by atomic mass is 32.2. The molecule has 3 aromatic carbocycles. The lowest BCUT2D eigenvalue weighted by Crippen LogP contribution is -2.32. The fraction of sp³-hybridized carbons (Fsp3) is 0.0909. The average molecular weight is 422 g/mol. The van der Waals surface area contributed by atoms with E-state index in [9.17, 15) is 18.0 Å². The Morgan fingerprint density at radius 3 is 2.23 bits per heavy atom. The number of aromatic nitrogens is 1. The molecule has 0 aliphatic rings. The maximum Gasteiger partial charge on any atom is 0.420 e. The molecule has 30 heavy (non-hydrogen) atoms. The summed E-state index contributed by atoms with van der Waals surface area (Å²) in [5.74, 6) is -1.07. The van der Waals surface area contributed by atoms with Crippen molar-refractivity contribution < 1.29 is 17.6 Å². The van der Waals surface area contributed by atoms with Gasteiger partial charge >= 0.3 is 5.76 Å². The van der Waals surface area contributed by atoms with E-state index in [2.05, 4.69) is 0 Å². The highest BCUT2D eigenvalue weighted by molar-refractivity contribution is 7.91. The Morgan fingerprint density at radius 1 is 0.933 bits per heavy atom. The van der Waals surface area contributed by atoms with E-state index >= 15 is 0 Å². The van der Waals surface area contributed by atoms with E-state index in [-0.39, 0.29) is 33.3 Å². The zero-order valence-corrected chi connectivity index (χ0v) is 16.9. The number of oxazole rings is 1. The molecule has 0 saturated heterocycles. The van der Waals surface area contributed by atoms with Crippen molar-refractivity contribution in [2.75, 3.05) is 11.9 Å². The number of sulfone groups is 1. The third-order valence-corrected chi connectivity index (χ3v) is 6.58. The van der Waals surface area contributed by atoms with Crippen molar-refractivity contribution in [1.82, 2.24) is 4.57 Å². The number of hydrogen-bond acceptors (Lipinski definition) is 5. The van der Waals surface area contributed by atoms with Crippen molar-refractivity contribution in [3.63, 3.8) is 0 Å². The summed E-state index contributed by atoms with van der Waals surface area (Å²) in [6.07, 6.45) is 0. The van der Waals surface area contributed by atoms with Crippen LogP contribution in [0.1, 0.15) is 0 Å². The van der Waals surface area contributed by atoms with Crippen LogP contribution >= 0.6 is 0 Å². The summed E-state index contributed by atoms with van der Waals surface area (Å²) in [5.41, 5.74) is 1.13.